The van der Waals surface area contributed by atoms with Crippen LogP contribution in [0.15, 0.2) is 3.79 Å². The topological polar surface area (TPSA) is 56.0 Å². The Labute approximate surface area is 89.5 Å². The van der Waals surface area contributed by atoms with E-state index < -0.39 is 5.91 Å². The van der Waals surface area contributed by atoms with Crippen LogP contribution in [0.1, 0.15) is 36.3 Å². The molecule has 72 valence electrons. The van der Waals surface area contributed by atoms with Crippen molar-refractivity contribution in [3.05, 3.63) is 14.5 Å². The molecule has 1 amide bonds. The summed E-state index contributed by atoms with van der Waals surface area (Å²) in [4.78, 5) is 15.0. The van der Waals surface area contributed by atoms with E-state index in [1.807, 2.05) is 20.8 Å². The fourth-order valence-corrected chi connectivity index (χ4v) is 2.87. The van der Waals surface area contributed by atoms with Crippen molar-refractivity contribution in [1.82, 2.24) is 4.98 Å². The van der Waals surface area contributed by atoms with Crippen LogP contribution in [0.5, 0.6) is 0 Å². The Morgan fingerprint density at radius 1 is 1.54 bits per heavy atom. The quantitative estimate of drug-likeness (QED) is 0.845. The molecule has 0 aliphatic heterocycles. The van der Waals surface area contributed by atoms with E-state index >= 15 is 0 Å². The normalized spacial score (nSPS) is 11.7. The van der Waals surface area contributed by atoms with Gasteiger partial charge >= 0.3 is 0 Å². The van der Waals surface area contributed by atoms with Gasteiger partial charge in [0.05, 0.1) is 9.48 Å². The first-order valence-electron chi connectivity index (χ1n) is 3.79. The molecule has 0 aliphatic carbocycles. The van der Waals surface area contributed by atoms with Crippen LogP contribution >= 0.6 is 27.3 Å². The van der Waals surface area contributed by atoms with Crippen molar-refractivity contribution in [2.75, 3.05) is 0 Å². The number of hydrogen-bond donors (Lipinski definition) is 1. The third kappa shape index (κ3) is 2.28. The Hall–Kier alpha value is -0.420. The van der Waals surface area contributed by atoms with E-state index in [1.165, 1.54) is 11.3 Å². The second-order valence-corrected chi connectivity index (χ2v) is 6.07. The summed E-state index contributed by atoms with van der Waals surface area (Å²) in [5, 5.41) is 0.358. The molecule has 0 radical (unpaired) electrons. The van der Waals surface area contributed by atoms with Gasteiger partial charge in [-0.15, -0.1) is 11.3 Å². The fraction of sp³-hybridized carbons (Fsp3) is 0.500. The van der Waals surface area contributed by atoms with Crippen LogP contribution in [0.25, 0.3) is 0 Å². The lowest BCUT2D eigenvalue weighted by Gasteiger charge is -2.15. The molecule has 1 aromatic rings. The zero-order valence-corrected chi connectivity index (χ0v) is 10.1. The summed E-state index contributed by atoms with van der Waals surface area (Å²) in [5.74, 6) is -0.471. The SMILES string of the molecule is CC(C)(C)c1nc(C(N)=O)sc1Br. The molecule has 0 saturated carbocycles. The minimum absolute atomic E-state index is 0.0664. The minimum Gasteiger partial charge on any atom is -0.364 e. The average molecular weight is 263 g/mol. The van der Waals surface area contributed by atoms with E-state index in [-0.39, 0.29) is 5.41 Å². The van der Waals surface area contributed by atoms with Crippen LogP contribution in [0.4, 0.5) is 0 Å². The van der Waals surface area contributed by atoms with Gasteiger partial charge in [0, 0.05) is 5.41 Å². The maximum Gasteiger partial charge on any atom is 0.277 e. The molecule has 3 nitrogen and oxygen atoms in total. The Morgan fingerprint density at radius 3 is 2.31 bits per heavy atom. The van der Waals surface area contributed by atoms with Crippen molar-refractivity contribution in [3.63, 3.8) is 0 Å². The maximum absolute atomic E-state index is 10.8. The number of hydrogen-bond acceptors (Lipinski definition) is 3. The Bertz CT molecular complexity index is 340. The number of rotatable bonds is 1. The zero-order chi connectivity index (χ0) is 10.2. The predicted octanol–water partition coefficient (Wildman–Crippen LogP) is 2.30. The van der Waals surface area contributed by atoms with Gasteiger partial charge in [-0.25, -0.2) is 4.98 Å². The van der Waals surface area contributed by atoms with Gasteiger partial charge in [0.15, 0.2) is 5.01 Å². The van der Waals surface area contributed by atoms with Crippen LogP contribution in [0.2, 0.25) is 0 Å². The van der Waals surface area contributed by atoms with Gasteiger partial charge in [-0.05, 0) is 15.9 Å². The minimum atomic E-state index is -0.471. The van der Waals surface area contributed by atoms with Gasteiger partial charge in [0.2, 0.25) is 0 Å². The molecular weight excluding hydrogens is 252 g/mol. The molecule has 0 atom stereocenters. The average Bonchev–Trinajstić information content (AvgIpc) is 2.29. The molecule has 13 heavy (non-hydrogen) atoms. The lowest BCUT2D eigenvalue weighted by molar-refractivity contribution is 0.0999. The first-order valence-corrected chi connectivity index (χ1v) is 5.40. The van der Waals surface area contributed by atoms with Crippen LogP contribution in [0.3, 0.4) is 0 Å². The molecule has 0 fully saturated rings. The summed E-state index contributed by atoms with van der Waals surface area (Å²) in [6.45, 7) is 6.12. The van der Waals surface area contributed by atoms with E-state index in [4.69, 9.17) is 5.73 Å². The number of carbonyl (C=O) groups is 1. The molecule has 1 aromatic heterocycles. The highest BCUT2D eigenvalue weighted by Crippen LogP contribution is 2.33. The first kappa shape index (κ1) is 10.7. The van der Waals surface area contributed by atoms with Crippen molar-refractivity contribution < 1.29 is 4.79 Å². The summed E-state index contributed by atoms with van der Waals surface area (Å²) in [5.41, 5.74) is 5.94. The number of nitrogens with zero attached hydrogens (tertiary/aromatic N) is 1. The number of thiazole rings is 1. The Balaban J connectivity index is 3.18. The number of halogens is 1. The lowest BCUT2D eigenvalue weighted by Crippen LogP contribution is -2.15. The third-order valence-corrected chi connectivity index (χ3v) is 3.23. The summed E-state index contributed by atoms with van der Waals surface area (Å²) in [6.07, 6.45) is 0. The lowest BCUT2D eigenvalue weighted by atomic mass is 9.93. The number of carbonyl (C=O) groups excluding carboxylic acids is 1. The van der Waals surface area contributed by atoms with E-state index in [1.54, 1.807) is 0 Å². The van der Waals surface area contributed by atoms with E-state index in [9.17, 15) is 4.79 Å². The summed E-state index contributed by atoms with van der Waals surface area (Å²) in [7, 11) is 0. The molecule has 0 saturated heterocycles. The van der Waals surface area contributed by atoms with Gasteiger partial charge in [-0.2, -0.15) is 0 Å². The fourth-order valence-electron chi connectivity index (χ4n) is 0.869. The summed E-state index contributed by atoms with van der Waals surface area (Å²) >= 11 is 4.65. The smallest absolute Gasteiger partial charge is 0.277 e. The van der Waals surface area contributed by atoms with Crippen LogP contribution in [-0.4, -0.2) is 10.9 Å². The summed E-state index contributed by atoms with van der Waals surface area (Å²) < 4.78 is 0.883. The van der Waals surface area contributed by atoms with Crippen molar-refractivity contribution in [2.24, 2.45) is 5.73 Å². The first-order chi connectivity index (χ1) is 5.82. The molecule has 0 aromatic carbocycles. The molecule has 1 rings (SSSR count). The van der Waals surface area contributed by atoms with Gasteiger partial charge in [-0.3, -0.25) is 4.79 Å². The number of primary amides is 1. The van der Waals surface area contributed by atoms with Crippen molar-refractivity contribution in [3.8, 4) is 0 Å². The zero-order valence-electron chi connectivity index (χ0n) is 7.72. The largest absolute Gasteiger partial charge is 0.364 e. The van der Waals surface area contributed by atoms with Gasteiger partial charge in [0.1, 0.15) is 0 Å². The highest BCUT2D eigenvalue weighted by atomic mass is 79.9. The molecule has 5 heteroatoms. The monoisotopic (exact) mass is 262 g/mol. The van der Waals surface area contributed by atoms with Crippen LogP contribution in [0, 0.1) is 0 Å². The second-order valence-electron chi connectivity index (χ2n) is 3.76. The van der Waals surface area contributed by atoms with Crippen LogP contribution < -0.4 is 5.73 Å². The standard InChI is InChI=1S/C8H11BrN2OS/c1-8(2,3)4-5(9)13-7(11-4)6(10)12/h1-3H3,(H2,10,12). The van der Waals surface area contributed by atoms with Crippen molar-refractivity contribution in [2.45, 2.75) is 26.2 Å². The van der Waals surface area contributed by atoms with Gasteiger partial charge < -0.3 is 5.73 Å². The van der Waals surface area contributed by atoms with Gasteiger partial charge in [0.25, 0.3) is 5.91 Å². The Kier molecular flexibility index (Phi) is 2.77. The highest BCUT2D eigenvalue weighted by Gasteiger charge is 2.23. The van der Waals surface area contributed by atoms with E-state index in [0.717, 1.165) is 9.48 Å². The van der Waals surface area contributed by atoms with Crippen LogP contribution in [-0.2, 0) is 5.41 Å². The Morgan fingerprint density at radius 2 is 2.08 bits per heavy atom. The predicted molar refractivity (Wildman–Crippen MR) is 57.0 cm³/mol. The van der Waals surface area contributed by atoms with E-state index in [0.29, 0.717) is 5.01 Å². The molecule has 1 heterocycles. The van der Waals surface area contributed by atoms with Crippen molar-refractivity contribution in [1.29, 1.82) is 0 Å². The number of nitrogens with two attached hydrogens (primary N) is 1. The highest BCUT2D eigenvalue weighted by molar-refractivity contribution is 9.11. The molecule has 0 unspecified atom stereocenters. The number of amides is 1. The summed E-state index contributed by atoms with van der Waals surface area (Å²) in [6, 6.07) is 0. The molecule has 0 bridgehead atoms. The third-order valence-electron chi connectivity index (χ3n) is 1.51. The van der Waals surface area contributed by atoms with E-state index in [2.05, 4.69) is 20.9 Å². The molecular formula is C8H11BrN2OS. The second kappa shape index (κ2) is 3.38. The molecule has 0 aliphatic rings. The maximum atomic E-state index is 10.8. The van der Waals surface area contributed by atoms with Crippen molar-refractivity contribution >= 4 is 33.2 Å². The molecule has 0 spiro atoms. The molecule has 2 N–H and O–H groups in total. The number of aromatic nitrogens is 1. The van der Waals surface area contributed by atoms with Gasteiger partial charge in [-0.1, -0.05) is 20.8 Å².